The van der Waals surface area contributed by atoms with E-state index in [0.717, 1.165) is 0 Å². The van der Waals surface area contributed by atoms with Crippen LogP contribution in [0.1, 0.15) is 30.8 Å². The first-order chi connectivity index (χ1) is 12.2. The van der Waals surface area contributed by atoms with Gasteiger partial charge in [0.25, 0.3) is 5.56 Å². The number of nitrogens with two attached hydrogens (primary N) is 1. The fraction of sp³-hybridized carbons (Fsp3) is 0.200. The van der Waals surface area contributed by atoms with Crippen molar-refractivity contribution in [1.29, 1.82) is 0 Å². The van der Waals surface area contributed by atoms with E-state index >= 15 is 0 Å². The van der Waals surface area contributed by atoms with Crippen molar-refractivity contribution in [3.05, 3.63) is 70.3 Å². The summed E-state index contributed by atoms with van der Waals surface area (Å²) >= 11 is 0. The van der Waals surface area contributed by atoms with E-state index in [-0.39, 0.29) is 18.2 Å². The molecule has 0 aliphatic rings. The third-order valence-electron chi connectivity index (χ3n) is 4.01. The molecule has 126 valence electrons. The predicted octanol–water partition coefficient (Wildman–Crippen LogP) is 2.14. The first-order valence-corrected chi connectivity index (χ1v) is 8.13. The summed E-state index contributed by atoms with van der Waals surface area (Å²) in [6.45, 7) is 1.69. The molecular formula is C20H19N3O2. The highest BCUT2D eigenvalue weighted by Gasteiger charge is 2.18. The largest absolute Gasteiger partial charge is 0.384 e. The van der Waals surface area contributed by atoms with E-state index in [1.807, 2.05) is 37.3 Å². The molecule has 3 rings (SSSR count). The van der Waals surface area contributed by atoms with Crippen molar-refractivity contribution in [2.45, 2.75) is 19.4 Å². The molecular weight excluding hydrogens is 314 g/mol. The average Bonchev–Trinajstić information content (AvgIpc) is 2.66. The van der Waals surface area contributed by atoms with Crippen LogP contribution in [0.5, 0.6) is 0 Å². The Hall–Kier alpha value is -2.94. The summed E-state index contributed by atoms with van der Waals surface area (Å²) in [6.07, 6.45) is 0.661. The van der Waals surface area contributed by atoms with Crippen LogP contribution in [0.3, 0.4) is 0 Å². The number of aliphatic hydroxyl groups is 1. The Morgan fingerprint density at radius 3 is 2.64 bits per heavy atom. The lowest BCUT2D eigenvalue weighted by Gasteiger charge is -2.17. The fourth-order valence-electron chi connectivity index (χ4n) is 2.74. The highest BCUT2D eigenvalue weighted by atomic mass is 16.2. The monoisotopic (exact) mass is 333 g/mol. The average molecular weight is 333 g/mol. The van der Waals surface area contributed by atoms with Gasteiger partial charge < -0.3 is 10.8 Å². The molecule has 5 nitrogen and oxygen atoms in total. The summed E-state index contributed by atoms with van der Waals surface area (Å²) in [6, 6.07) is 14.3. The van der Waals surface area contributed by atoms with Crippen LogP contribution >= 0.6 is 0 Å². The maximum Gasteiger partial charge on any atom is 0.267 e. The van der Waals surface area contributed by atoms with Gasteiger partial charge in [-0.05, 0) is 30.7 Å². The van der Waals surface area contributed by atoms with Gasteiger partial charge in [-0.3, -0.25) is 9.36 Å². The molecule has 1 atom stereocenters. The summed E-state index contributed by atoms with van der Waals surface area (Å²) in [7, 11) is 0. The van der Waals surface area contributed by atoms with Crippen molar-refractivity contribution < 1.29 is 5.11 Å². The molecule has 1 unspecified atom stereocenters. The lowest BCUT2D eigenvalue weighted by atomic mass is 10.1. The first kappa shape index (κ1) is 16.9. The van der Waals surface area contributed by atoms with Crippen LogP contribution in [-0.4, -0.2) is 21.3 Å². The number of fused-ring (bicyclic) bond motifs is 1. The number of hydrogen-bond donors (Lipinski definition) is 2. The van der Waals surface area contributed by atoms with E-state index in [1.54, 1.807) is 22.8 Å². The van der Waals surface area contributed by atoms with Gasteiger partial charge in [0, 0.05) is 5.56 Å². The van der Waals surface area contributed by atoms with Crippen LogP contribution in [0.25, 0.3) is 16.6 Å². The second-order valence-corrected chi connectivity index (χ2v) is 5.62. The van der Waals surface area contributed by atoms with Gasteiger partial charge in [-0.15, -0.1) is 0 Å². The number of aliphatic hydroxyl groups excluding tert-OH is 1. The standard InChI is InChI=1S/C20H19N3O2/c1-2-16(21)19-22-17-12-6-8-14(9-7-13-24)18(17)20(25)23(19)15-10-4-3-5-11-15/h3-6,8,10-12,16,24H,2,13,21H2,1H3. The molecule has 1 aromatic heterocycles. The van der Waals surface area contributed by atoms with E-state index in [2.05, 4.69) is 16.8 Å². The van der Waals surface area contributed by atoms with E-state index in [4.69, 9.17) is 10.8 Å². The molecule has 5 heteroatoms. The van der Waals surface area contributed by atoms with Crippen molar-refractivity contribution in [3.8, 4) is 17.5 Å². The second-order valence-electron chi connectivity index (χ2n) is 5.62. The van der Waals surface area contributed by atoms with E-state index < -0.39 is 0 Å². The number of nitrogens with zero attached hydrogens (tertiary/aromatic N) is 2. The summed E-state index contributed by atoms with van der Waals surface area (Å²) in [5.41, 5.74) is 7.83. The lowest BCUT2D eigenvalue weighted by Crippen LogP contribution is -2.28. The van der Waals surface area contributed by atoms with E-state index in [0.29, 0.717) is 34.4 Å². The minimum atomic E-state index is -0.357. The summed E-state index contributed by atoms with van der Waals surface area (Å²) < 4.78 is 1.56. The second kappa shape index (κ2) is 7.31. The van der Waals surface area contributed by atoms with E-state index in [1.165, 1.54) is 0 Å². The maximum atomic E-state index is 13.3. The van der Waals surface area contributed by atoms with Crippen LogP contribution in [0, 0.1) is 11.8 Å². The minimum absolute atomic E-state index is 0.210. The number of para-hydroxylation sites is 1. The number of aromatic nitrogens is 2. The Bertz CT molecular complexity index is 1010. The molecule has 3 aromatic rings. The Kier molecular flexibility index (Phi) is 4.94. The van der Waals surface area contributed by atoms with Gasteiger partial charge in [0.2, 0.25) is 0 Å². The molecule has 0 saturated heterocycles. The molecule has 1 heterocycles. The molecule has 25 heavy (non-hydrogen) atoms. The Morgan fingerprint density at radius 1 is 1.20 bits per heavy atom. The van der Waals surface area contributed by atoms with Crippen molar-refractivity contribution in [3.63, 3.8) is 0 Å². The van der Waals surface area contributed by atoms with Gasteiger partial charge in [0.05, 0.1) is 22.6 Å². The fourth-order valence-corrected chi connectivity index (χ4v) is 2.74. The van der Waals surface area contributed by atoms with Crippen LogP contribution < -0.4 is 11.3 Å². The normalized spacial score (nSPS) is 11.8. The maximum absolute atomic E-state index is 13.3. The van der Waals surface area contributed by atoms with Crippen LogP contribution in [-0.2, 0) is 0 Å². The van der Waals surface area contributed by atoms with Gasteiger partial charge in [-0.25, -0.2) is 4.98 Å². The van der Waals surface area contributed by atoms with E-state index in [9.17, 15) is 4.79 Å². The van der Waals surface area contributed by atoms with Crippen molar-refractivity contribution in [2.24, 2.45) is 5.73 Å². The van der Waals surface area contributed by atoms with Crippen LogP contribution in [0.15, 0.2) is 53.3 Å². The third-order valence-corrected chi connectivity index (χ3v) is 4.01. The molecule has 0 saturated carbocycles. The molecule has 0 radical (unpaired) electrons. The van der Waals surface area contributed by atoms with Gasteiger partial charge in [0.1, 0.15) is 12.4 Å². The summed E-state index contributed by atoms with van der Waals surface area (Å²) in [5, 5.41) is 9.39. The molecule has 3 N–H and O–H groups in total. The molecule has 0 spiro atoms. The highest BCUT2D eigenvalue weighted by molar-refractivity contribution is 5.84. The zero-order valence-corrected chi connectivity index (χ0v) is 13.9. The Morgan fingerprint density at radius 2 is 1.96 bits per heavy atom. The zero-order chi connectivity index (χ0) is 17.8. The molecule has 0 aliphatic carbocycles. The number of hydrogen-bond acceptors (Lipinski definition) is 4. The highest BCUT2D eigenvalue weighted by Crippen LogP contribution is 2.20. The SMILES string of the molecule is CCC(N)c1nc2cccc(C#CCO)c2c(=O)n1-c1ccccc1. The van der Waals surface area contributed by atoms with Gasteiger partial charge in [-0.2, -0.15) is 0 Å². The summed E-state index contributed by atoms with van der Waals surface area (Å²) in [4.78, 5) is 18.0. The predicted molar refractivity (Wildman–Crippen MR) is 98.5 cm³/mol. The van der Waals surface area contributed by atoms with Crippen molar-refractivity contribution in [1.82, 2.24) is 9.55 Å². The Labute approximate surface area is 145 Å². The molecule has 2 aromatic carbocycles. The van der Waals surface area contributed by atoms with Crippen LogP contribution in [0.4, 0.5) is 0 Å². The minimum Gasteiger partial charge on any atom is -0.384 e. The van der Waals surface area contributed by atoms with Gasteiger partial charge >= 0.3 is 0 Å². The quantitative estimate of drug-likeness (QED) is 0.720. The summed E-state index contributed by atoms with van der Waals surface area (Å²) in [5.74, 6) is 5.96. The Balaban J connectivity index is 2.42. The lowest BCUT2D eigenvalue weighted by molar-refractivity contribution is 0.350. The van der Waals surface area contributed by atoms with Gasteiger partial charge in [0.15, 0.2) is 0 Å². The van der Waals surface area contributed by atoms with Gasteiger partial charge in [-0.1, -0.05) is 43.0 Å². The molecule has 0 amide bonds. The zero-order valence-electron chi connectivity index (χ0n) is 13.9. The molecule has 0 fully saturated rings. The molecule has 0 aliphatic heterocycles. The third kappa shape index (κ3) is 3.18. The first-order valence-electron chi connectivity index (χ1n) is 8.13. The smallest absolute Gasteiger partial charge is 0.267 e. The van der Waals surface area contributed by atoms with Crippen molar-refractivity contribution in [2.75, 3.05) is 6.61 Å². The topological polar surface area (TPSA) is 81.1 Å². The molecule has 0 bridgehead atoms. The van der Waals surface area contributed by atoms with Crippen molar-refractivity contribution >= 4 is 10.9 Å². The number of rotatable bonds is 3. The number of benzene rings is 2. The van der Waals surface area contributed by atoms with Crippen LogP contribution in [0.2, 0.25) is 0 Å².